The quantitative estimate of drug-likeness (QED) is 0.173. The van der Waals surface area contributed by atoms with Crippen molar-refractivity contribution in [3.05, 3.63) is 188 Å². The third-order valence-corrected chi connectivity index (χ3v) is 11.8. The Morgan fingerprint density at radius 3 is 1.81 bits per heavy atom. The molecule has 0 fully saturated rings. The average molecular weight is 689 g/mol. The molecular weight excluding hydrogens is 657 g/mol. The van der Waals surface area contributed by atoms with Gasteiger partial charge < -0.3 is 8.83 Å². The van der Waals surface area contributed by atoms with Crippen LogP contribution >= 0.6 is 0 Å². The summed E-state index contributed by atoms with van der Waals surface area (Å²) in [4.78, 5) is 0. The Labute approximate surface area is 311 Å². The maximum absolute atomic E-state index is 6.63. The predicted octanol–water partition coefficient (Wildman–Crippen LogP) is 14.6. The van der Waals surface area contributed by atoms with Crippen LogP contribution in [0.3, 0.4) is 0 Å². The third kappa shape index (κ3) is 4.22. The monoisotopic (exact) mass is 688 g/mol. The van der Waals surface area contributed by atoms with Crippen LogP contribution in [0.2, 0.25) is 0 Å². The van der Waals surface area contributed by atoms with E-state index in [1.54, 1.807) is 0 Å². The second kappa shape index (κ2) is 11.3. The second-order valence-electron chi connectivity index (χ2n) is 14.7. The molecule has 12 rings (SSSR count). The number of fused-ring (bicyclic) bond motifs is 12. The average Bonchev–Trinajstić information content (AvgIpc) is 3.81. The summed E-state index contributed by atoms with van der Waals surface area (Å²) in [6.45, 7) is 0. The van der Waals surface area contributed by atoms with Gasteiger partial charge in [-0.25, -0.2) is 0 Å². The lowest BCUT2D eigenvalue weighted by Gasteiger charge is -2.29. The summed E-state index contributed by atoms with van der Waals surface area (Å²) >= 11 is 0. The molecule has 10 aromatic rings. The molecule has 2 aromatic heterocycles. The van der Waals surface area contributed by atoms with Crippen molar-refractivity contribution >= 4 is 81.8 Å². The van der Waals surface area contributed by atoms with E-state index < -0.39 is 0 Å². The molecule has 0 saturated heterocycles. The number of benzene rings is 8. The number of para-hydroxylation sites is 1. The topological polar surface area (TPSA) is 26.3 Å². The van der Waals surface area contributed by atoms with E-state index in [9.17, 15) is 0 Å². The maximum atomic E-state index is 6.63. The molecule has 2 unspecified atom stereocenters. The number of hydrogen-bond donors (Lipinski definition) is 0. The van der Waals surface area contributed by atoms with Gasteiger partial charge in [-0.2, -0.15) is 0 Å². The SMILES string of the molecule is C1=CC2C=CC=C(c3c4ccccc4c(-c4cccc(-c5ccc6oc7c(ccc8c7ccc7oc9ccccc9c78)c6c5)c4)c4ccccc34)C2C=C1. The van der Waals surface area contributed by atoms with Gasteiger partial charge in [-0.05, 0) is 103 Å². The van der Waals surface area contributed by atoms with Crippen LogP contribution in [0.5, 0.6) is 0 Å². The summed E-state index contributed by atoms with van der Waals surface area (Å²) in [7, 11) is 0. The first-order valence-corrected chi connectivity index (χ1v) is 18.8. The molecule has 2 heteroatoms. The van der Waals surface area contributed by atoms with E-state index in [0.29, 0.717) is 11.8 Å². The molecule has 8 aromatic carbocycles. The van der Waals surface area contributed by atoms with E-state index in [-0.39, 0.29) is 0 Å². The first-order chi connectivity index (χ1) is 26.8. The molecule has 0 aliphatic heterocycles. The van der Waals surface area contributed by atoms with Crippen molar-refractivity contribution in [1.29, 1.82) is 0 Å². The van der Waals surface area contributed by atoms with Crippen molar-refractivity contribution in [1.82, 2.24) is 0 Å². The van der Waals surface area contributed by atoms with Crippen molar-refractivity contribution in [3.8, 4) is 22.3 Å². The Bertz CT molecular complexity index is 3280. The Morgan fingerprint density at radius 2 is 0.981 bits per heavy atom. The minimum absolute atomic E-state index is 0.319. The molecule has 2 atom stereocenters. The van der Waals surface area contributed by atoms with Crippen LogP contribution in [0.25, 0.3) is 104 Å². The molecule has 0 bridgehead atoms. The molecule has 2 nitrogen and oxygen atoms in total. The van der Waals surface area contributed by atoms with Gasteiger partial charge in [-0.15, -0.1) is 0 Å². The van der Waals surface area contributed by atoms with Gasteiger partial charge in [0.15, 0.2) is 0 Å². The Kier molecular flexibility index (Phi) is 6.20. The molecule has 54 heavy (non-hydrogen) atoms. The van der Waals surface area contributed by atoms with Gasteiger partial charge in [0.1, 0.15) is 22.3 Å². The lowest BCUT2D eigenvalue weighted by molar-refractivity contribution is 0.669. The molecule has 0 N–H and O–H groups in total. The van der Waals surface area contributed by atoms with Gasteiger partial charge in [0.25, 0.3) is 0 Å². The minimum atomic E-state index is 0.319. The van der Waals surface area contributed by atoms with Crippen molar-refractivity contribution in [2.45, 2.75) is 0 Å². The Morgan fingerprint density at radius 1 is 0.370 bits per heavy atom. The molecule has 0 amide bonds. The van der Waals surface area contributed by atoms with Crippen molar-refractivity contribution in [2.24, 2.45) is 11.8 Å². The zero-order valence-electron chi connectivity index (χ0n) is 29.3. The fourth-order valence-electron chi connectivity index (χ4n) is 9.42. The summed E-state index contributed by atoms with van der Waals surface area (Å²) in [6.07, 6.45) is 16.0. The summed E-state index contributed by atoms with van der Waals surface area (Å²) in [5.74, 6) is 0.694. The highest BCUT2D eigenvalue weighted by Crippen LogP contribution is 2.47. The number of rotatable bonds is 3. The van der Waals surface area contributed by atoms with Crippen molar-refractivity contribution in [2.75, 3.05) is 0 Å². The summed E-state index contributed by atoms with van der Waals surface area (Å²) < 4.78 is 12.8. The molecule has 0 radical (unpaired) electrons. The highest BCUT2D eigenvalue weighted by molar-refractivity contribution is 6.25. The Balaban J connectivity index is 1.02. The zero-order valence-corrected chi connectivity index (χ0v) is 29.3. The number of hydrogen-bond acceptors (Lipinski definition) is 2. The van der Waals surface area contributed by atoms with Crippen LogP contribution in [0, 0.1) is 11.8 Å². The molecule has 2 aliphatic carbocycles. The fraction of sp³-hybridized carbons (Fsp3) is 0.0385. The summed E-state index contributed by atoms with van der Waals surface area (Å²) in [5.41, 5.74) is 11.1. The van der Waals surface area contributed by atoms with Gasteiger partial charge in [0, 0.05) is 38.8 Å². The van der Waals surface area contributed by atoms with Crippen LogP contribution < -0.4 is 0 Å². The molecule has 0 saturated carbocycles. The predicted molar refractivity (Wildman–Crippen MR) is 227 cm³/mol. The van der Waals surface area contributed by atoms with E-state index in [0.717, 1.165) is 60.2 Å². The number of allylic oxidation sites excluding steroid dienone is 8. The fourth-order valence-corrected chi connectivity index (χ4v) is 9.42. The molecule has 2 aliphatic rings. The lowest BCUT2D eigenvalue weighted by Crippen LogP contribution is -2.15. The van der Waals surface area contributed by atoms with Gasteiger partial charge in [0.05, 0.1) is 0 Å². The summed E-state index contributed by atoms with van der Waals surface area (Å²) in [5, 5.41) is 11.9. The lowest BCUT2D eigenvalue weighted by atomic mass is 9.74. The van der Waals surface area contributed by atoms with Crippen LogP contribution in [-0.4, -0.2) is 0 Å². The van der Waals surface area contributed by atoms with Crippen LogP contribution in [0.1, 0.15) is 5.56 Å². The first-order valence-electron chi connectivity index (χ1n) is 18.8. The van der Waals surface area contributed by atoms with Crippen LogP contribution in [-0.2, 0) is 0 Å². The molecule has 252 valence electrons. The maximum Gasteiger partial charge on any atom is 0.143 e. The Hall–Kier alpha value is -6.90. The smallest absolute Gasteiger partial charge is 0.143 e. The van der Waals surface area contributed by atoms with Crippen molar-refractivity contribution < 1.29 is 8.83 Å². The molecule has 0 spiro atoms. The normalized spacial score (nSPS) is 16.8. The molecular formula is C52H32O2. The van der Waals surface area contributed by atoms with Gasteiger partial charge >= 0.3 is 0 Å². The van der Waals surface area contributed by atoms with Crippen LogP contribution in [0.4, 0.5) is 0 Å². The minimum Gasteiger partial charge on any atom is -0.456 e. The highest BCUT2D eigenvalue weighted by Gasteiger charge is 2.27. The van der Waals surface area contributed by atoms with E-state index >= 15 is 0 Å². The van der Waals surface area contributed by atoms with E-state index in [1.165, 1.54) is 49.4 Å². The third-order valence-electron chi connectivity index (χ3n) is 11.8. The van der Waals surface area contributed by atoms with E-state index in [1.807, 2.05) is 12.1 Å². The van der Waals surface area contributed by atoms with E-state index in [4.69, 9.17) is 8.83 Å². The van der Waals surface area contributed by atoms with Gasteiger partial charge in [0.2, 0.25) is 0 Å². The highest BCUT2D eigenvalue weighted by atomic mass is 16.3. The van der Waals surface area contributed by atoms with E-state index in [2.05, 4.69) is 170 Å². The number of furan rings is 2. The van der Waals surface area contributed by atoms with Gasteiger partial charge in [-0.1, -0.05) is 140 Å². The standard InChI is InChI=1S/C52H32O2/c1-2-15-35-31(11-1)12-10-21-36(35)50-39-18-5-3-16-37(39)49(38-17-4-6-19-40(38)50)34-14-9-13-32(29-34)33-23-27-47-45(30-33)43-25-24-41-42(52(43)54-47)26-28-48-51(41)44-20-7-8-22-46(44)53-48/h1-31,35H. The largest absolute Gasteiger partial charge is 0.456 e. The van der Waals surface area contributed by atoms with Crippen molar-refractivity contribution in [3.63, 3.8) is 0 Å². The zero-order chi connectivity index (χ0) is 35.3. The first kappa shape index (κ1) is 29.7. The van der Waals surface area contributed by atoms with Gasteiger partial charge in [-0.3, -0.25) is 0 Å². The van der Waals surface area contributed by atoms with Crippen LogP contribution in [0.15, 0.2) is 191 Å². The second-order valence-corrected chi connectivity index (χ2v) is 14.7. The summed E-state index contributed by atoms with van der Waals surface area (Å²) in [6, 6.07) is 50.5. The molecule has 2 heterocycles.